The highest BCUT2D eigenvalue weighted by atomic mass is 127. The van der Waals surface area contributed by atoms with Crippen LogP contribution >= 0.6 is 45.8 Å². The van der Waals surface area contributed by atoms with Gasteiger partial charge in [0, 0.05) is 3.57 Å². The van der Waals surface area contributed by atoms with E-state index < -0.39 is 11.9 Å². The Balaban J connectivity index is 2.10. The molecule has 3 amide bonds. The molecule has 0 heterocycles. The van der Waals surface area contributed by atoms with Crippen molar-refractivity contribution < 1.29 is 9.59 Å². The van der Waals surface area contributed by atoms with Crippen molar-refractivity contribution in [3.05, 3.63) is 61.6 Å². The van der Waals surface area contributed by atoms with Crippen LogP contribution in [-0.4, -0.2) is 11.9 Å². The van der Waals surface area contributed by atoms with Gasteiger partial charge in [0.2, 0.25) is 0 Å². The molecule has 0 atom stereocenters. The zero-order valence-corrected chi connectivity index (χ0v) is 14.2. The van der Waals surface area contributed by atoms with Crippen molar-refractivity contribution in [2.24, 2.45) is 0 Å². The molecule has 7 heteroatoms. The van der Waals surface area contributed by atoms with Crippen molar-refractivity contribution in [2.75, 3.05) is 5.32 Å². The first kappa shape index (κ1) is 16.1. The molecule has 2 aromatic carbocycles. The van der Waals surface area contributed by atoms with E-state index in [1.807, 2.05) is 12.1 Å². The Labute approximate surface area is 145 Å². The topological polar surface area (TPSA) is 58.2 Å². The van der Waals surface area contributed by atoms with Crippen LogP contribution in [0.4, 0.5) is 10.5 Å². The number of nitrogens with one attached hydrogen (secondary N) is 2. The number of carbonyl (C=O) groups is 2. The molecule has 0 unspecified atom stereocenters. The summed E-state index contributed by atoms with van der Waals surface area (Å²) in [5, 5.41) is 5.14. The SMILES string of the molecule is O=C(NC(=O)c1c(Cl)cccc1Cl)Nc1ccccc1I. The Morgan fingerprint density at radius 2 is 1.57 bits per heavy atom. The summed E-state index contributed by atoms with van der Waals surface area (Å²) in [6.45, 7) is 0. The van der Waals surface area contributed by atoms with Gasteiger partial charge in [-0.15, -0.1) is 0 Å². The maximum Gasteiger partial charge on any atom is 0.326 e. The molecule has 108 valence electrons. The standard InChI is InChI=1S/C14H9Cl2IN2O2/c15-8-4-3-5-9(16)12(8)13(20)19-14(21)18-11-7-2-1-6-10(11)17/h1-7H,(H2,18,19,20,21). The second-order valence-corrected chi connectivity index (χ2v) is 5.96. The summed E-state index contributed by atoms with van der Waals surface area (Å²) in [6, 6.07) is 11.2. The molecule has 2 rings (SSSR count). The molecule has 0 aliphatic heterocycles. The number of anilines is 1. The van der Waals surface area contributed by atoms with Crippen molar-refractivity contribution in [1.29, 1.82) is 0 Å². The highest BCUT2D eigenvalue weighted by Crippen LogP contribution is 2.24. The fourth-order valence-corrected chi connectivity index (χ4v) is 2.69. The van der Waals surface area contributed by atoms with Gasteiger partial charge in [-0.2, -0.15) is 0 Å². The van der Waals surface area contributed by atoms with E-state index in [0.29, 0.717) is 5.69 Å². The number of hydrogen-bond acceptors (Lipinski definition) is 2. The molecule has 0 saturated carbocycles. The fourth-order valence-electron chi connectivity index (χ4n) is 1.60. The summed E-state index contributed by atoms with van der Waals surface area (Å²) >= 11 is 13.9. The van der Waals surface area contributed by atoms with Gasteiger partial charge in [-0.25, -0.2) is 4.79 Å². The van der Waals surface area contributed by atoms with Crippen LogP contribution in [0.5, 0.6) is 0 Å². The third-order valence-electron chi connectivity index (χ3n) is 2.54. The van der Waals surface area contributed by atoms with E-state index >= 15 is 0 Å². The zero-order valence-electron chi connectivity index (χ0n) is 10.5. The third-order valence-corrected chi connectivity index (χ3v) is 4.11. The zero-order chi connectivity index (χ0) is 15.4. The predicted molar refractivity (Wildman–Crippen MR) is 92.1 cm³/mol. The van der Waals surface area contributed by atoms with E-state index in [9.17, 15) is 9.59 Å². The van der Waals surface area contributed by atoms with Gasteiger partial charge in [-0.05, 0) is 46.9 Å². The Hall–Kier alpha value is -1.31. The number of imide groups is 1. The average molecular weight is 435 g/mol. The van der Waals surface area contributed by atoms with Crippen molar-refractivity contribution >= 4 is 63.4 Å². The van der Waals surface area contributed by atoms with Crippen molar-refractivity contribution in [3.63, 3.8) is 0 Å². The first-order chi connectivity index (χ1) is 9.99. The molecule has 0 aliphatic rings. The van der Waals surface area contributed by atoms with Crippen LogP contribution in [0.3, 0.4) is 0 Å². The quantitative estimate of drug-likeness (QED) is 0.680. The number of benzene rings is 2. The normalized spacial score (nSPS) is 10.0. The predicted octanol–water partition coefficient (Wildman–Crippen LogP) is 4.56. The number of carbonyl (C=O) groups excluding carboxylic acids is 2. The monoisotopic (exact) mass is 434 g/mol. The lowest BCUT2D eigenvalue weighted by Gasteiger charge is -2.09. The van der Waals surface area contributed by atoms with Crippen molar-refractivity contribution in [1.82, 2.24) is 5.32 Å². The van der Waals surface area contributed by atoms with Crippen LogP contribution in [0.1, 0.15) is 10.4 Å². The molecule has 0 radical (unpaired) electrons. The van der Waals surface area contributed by atoms with Gasteiger partial charge in [0.25, 0.3) is 5.91 Å². The molecule has 0 spiro atoms. The molecule has 0 saturated heterocycles. The molecule has 0 aliphatic carbocycles. The molecule has 0 bridgehead atoms. The summed E-state index contributed by atoms with van der Waals surface area (Å²) in [4.78, 5) is 23.9. The molecule has 21 heavy (non-hydrogen) atoms. The molecule has 2 aromatic rings. The Bertz CT molecular complexity index is 687. The first-order valence-electron chi connectivity index (χ1n) is 5.80. The van der Waals surface area contributed by atoms with Gasteiger partial charge in [0.15, 0.2) is 0 Å². The van der Waals surface area contributed by atoms with E-state index in [4.69, 9.17) is 23.2 Å². The molecule has 0 aromatic heterocycles. The first-order valence-corrected chi connectivity index (χ1v) is 7.63. The van der Waals surface area contributed by atoms with E-state index in [2.05, 4.69) is 33.2 Å². The van der Waals surface area contributed by atoms with Crippen LogP contribution in [0, 0.1) is 3.57 Å². The number of urea groups is 1. The summed E-state index contributed by atoms with van der Waals surface area (Å²) in [7, 11) is 0. The lowest BCUT2D eigenvalue weighted by Crippen LogP contribution is -2.34. The average Bonchev–Trinajstić information content (AvgIpc) is 2.41. The second-order valence-electron chi connectivity index (χ2n) is 3.98. The largest absolute Gasteiger partial charge is 0.326 e. The molecule has 2 N–H and O–H groups in total. The van der Waals surface area contributed by atoms with Crippen molar-refractivity contribution in [3.8, 4) is 0 Å². The van der Waals surface area contributed by atoms with Gasteiger partial charge in [0.05, 0.1) is 21.3 Å². The number of amides is 3. The fraction of sp³-hybridized carbons (Fsp3) is 0. The van der Waals surface area contributed by atoms with Crippen LogP contribution < -0.4 is 10.6 Å². The van der Waals surface area contributed by atoms with Crippen LogP contribution in [-0.2, 0) is 0 Å². The maximum atomic E-state index is 12.0. The van der Waals surface area contributed by atoms with Crippen LogP contribution in [0.25, 0.3) is 0 Å². The second kappa shape index (κ2) is 7.11. The number of hydrogen-bond donors (Lipinski definition) is 2. The van der Waals surface area contributed by atoms with E-state index in [0.717, 1.165) is 3.57 Å². The Morgan fingerprint density at radius 3 is 2.19 bits per heavy atom. The summed E-state index contributed by atoms with van der Waals surface area (Å²) < 4.78 is 0.855. The molecular formula is C14H9Cl2IN2O2. The maximum absolute atomic E-state index is 12.0. The molecule has 4 nitrogen and oxygen atoms in total. The van der Waals surface area contributed by atoms with Gasteiger partial charge in [-0.3, -0.25) is 10.1 Å². The third kappa shape index (κ3) is 4.09. The van der Waals surface area contributed by atoms with Gasteiger partial charge in [0.1, 0.15) is 0 Å². The minimum Gasteiger partial charge on any atom is -0.307 e. The summed E-state index contributed by atoms with van der Waals surface area (Å²) in [5.74, 6) is -0.658. The lowest BCUT2D eigenvalue weighted by atomic mass is 10.2. The van der Waals surface area contributed by atoms with Gasteiger partial charge in [-0.1, -0.05) is 41.4 Å². The van der Waals surface area contributed by atoms with Gasteiger partial charge >= 0.3 is 6.03 Å². The van der Waals surface area contributed by atoms with Crippen LogP contribution in [0.15, 0.2) is 42.5 Å². The minimum absolute atomic E-state index is 0.0683. The number of halogens is 3. The van der Waals surface area contributed by atoms with E-state index in [1.165, 1.54) is 12.1 Å². The highest BCUT2D eigenvalue weighted by molar-refractivity contribution is 14.1. The number of para-hydroxylation sites is 1. The Morgan fingerprint density at radius 1 is 0.952 bits per heavy atom. The van der Waals surface area contributed by atoms with E-state index in [-0.39, 0.29) is 15.6 Å². The number of rotatable bonds is 2. The summed E-state index contributed by atoms with van der Waals surface area (Å²) in [6.07, 6.45) is 0. The van der Waals surface area contributed by atoms with Crippen molar-refractivity contribution in [2.45, 2.75) is 0 Å². The minimum atomic E-state index is -0.658. The molecule has 0 fully saturated rings. The highest BCUT2D eigenvalue weighted by Gasteiger charge is 2.17. The van der Waals surface area contributed by atoms with Crippen LogP contribution in [0.2, 0.25) is 10.0 Å². The Kier molecular flexibility index (Phi) is 5.44. The lowest BCUT2D eigenvalue weighted by molar-refractivity contribution is 0.0967. The van der Waals surface area contributed by atoms with Gasteiger partial charge < -0.3 is 5.32 Å². The van der Waals surface area contributed by atoms with E-state index in [1.54, 1.807) is 18.2 Å². The summed E-state index contributed by atoms with van der Waals surface area (Å²) in [5.41, 5.74) is 0.674. The smallest absolute Gasteiger partial charge is 0.307 e. The molecular weight excluding hydrogens is 426 g/mol.